The summed E-state index contributed by atoms with van der Waals surface area (Å²) in [4.78, 5) is 22.6. The minimum atomic E-state index is -0.979. The Balaban J connectivity index is 2.52. The SMILES string of the molecule is O=C(CCSc1ccccc1C(=O)O)NCO. The summed E-state index contributed by atoms with van der Waals surface area (Å²) in [6.07, 6.45) is 0.235. The van der Waals surface area contributed by atoms with Crippen molar-refractivity contribution in [3.05, 3.63) is 29.8 Å². The second-order valence-electron chi connectivity index (χ2n) is 3.16. The van der Waals surface area contributed by atoms with Crippen LogP contribution in [0.3, 0.4) is 0 Å². The Labute approximate surface area is 103 Å². The molecule has 0 aliphatic carbocycles. The van der Waals surface area contributed by atoms with Crippen molar-refractivity contribution in [2.75, 3.05) is 12.5 Å². The molecule has 17 heavy (non-hydrogen) atoms. The number of aromatic carboxylic acids is 1. The van der Waals surface area contributed by atoms with E-state index in [1.807, 2.05) is 0 Å². The average molecular weight is 255 g/mol. The molecule has 0 atom stereocenters. The van der Waals surface area contributed by atoms with Crippen LogP contribution in [0, 0.1) is 0 Å². The van der Waals surface area contributed by atoms with Crippen LogP contribution in [0.15, 0.2) is 29.2 Å². The van der Waals surface area contributed by atoms with E-state index in [1.54, 1.807) is 18.2 Å². The molecule has 0 spiro atoms. The maximum Gasteiger partial charge on any atom is 0.336 e. The van der Waals surface area contributed by atoms with E-state index in [2.05, 4.69) is 5.32 Å². The molecule has 0 fully saturated rings. The number of carboxylic acid groups (broad SMARTS) is 1. The van der Waals surface area contributed by atoms with E-state index in [0.29, 0.717) is 10.6 Å². The number of carbonyl (C=O) groups is 2. The van der Waals surface area contributed by atoms with Crippen molar-refractivity contribution in [3.63, 3.8) is 0 Å². The van der Waals surface area contributed by atoms with Crippen molar-refractivity contribution >= 4 is 23.6 Å². The van der Waals surface area contributed by atoms with E-state index in [1.165, 1.54) is 17.8 Å². The topological polar surface area (TPSA) is 86.6 Å². The molecule has 0 radical (unpaired) electrons. The summed E-state index contributed by atoms with van der Waals surface area (Å²) in [5.41, 5.74) is 0.236. The van der Waals surface area contributed by atoms with E-state index >= 15 is 0 Å². The molecular formula is C11H13NO4S. The van der Waals surface area contributed by atoms with Gasteiger partial charge in [0.25, 0.3) is 0 Å². The molecule has 0 saturated heterocycles. The normalized spacial score (nSPS) is 9.94. The lowest BCUT2D eigenvalue weighted by molar-refractivity contribution is -0.121. The predicted octanol–water partition coefficient (Wildman–Crippen LogP) is 0.933. The summed E-state index contributed by atoms with van der Waals surface area (Å²) in [5, 5.41) is 19.6. The van der Waals surface area contributed by atoms with Crippen molar-refractivity contribution in [1.29, 1.82) is 0 Å². The van der Waals surface area contributed by atoms with Gasteiger partial charge < -0.3 is 15.5 Å². The Morgan fingerprint density at radius 2 is 2.00 bits per heavy atom. The number of carbonyl (C=O) groups excluding carboxylic acids is 1. The van der Waals surface area contributed by atoms with Gasteiger partial charge in [0.2, 0.25) is 5.91 Å². The number of aliphatic hydroxyl groups is 1. The lowest BCUT2D eigenvalue weighted by Crippen LogP contribution is -2.24. The zero-order valence-electron chi connectivity index (χ0n) is 9.05. The number of benzene rings is 1. The molecule has 1 rings (SSSR count). The van der Waals surface area contributed by atoms with Gasteiger partial charge in [0, 0.05) is 17.1 Å². The fourth-order valence-corrected chi connectivity index (χ4v) is 2.19. The number of carboxylic acids is 1. The van der Waals surface area contributed by atoms with Crippen molar-refractivity contribution in [2.24, 2.45) is 0 Å². The van der Waals surface area contributed by atoms with Gasteiger partial charge >= 0.3 is 5.97 Å². The summed E-state index contributed by atoms with van der Waals surface area (Å²) in [5.74, 6) is -0.767. The number of hydrogen-bond acceptors (Lipinski definition) is 4. The highest BCUT2D eigenvalue weighted by molar-refractivity contribution is 7.99. The van der Waals surface area contributed by atoms with Gasteiger partial charge in [0.15, 0.2) is 0 Å². The largest absolute Gasteiger partial charge is 0.478 e. The number of thioether (sulfide) groups is 1. The van der Waals surface area contributed by atoms with E-state index < -0.39 is 5.97 Å². The maximum atomic E-state index is 11.1. The zero-order chi connectivity index (χ0) is 12.7. The van der Waals surface area contributed by atoms with Gasteiger partial charge in [-0.15, -0.1) is 11.8 Å². The number of aliphatic hydroxyl groups excluding tert-OH is 1. The van der Waals surface area contributed by atoms with Gasteiger partial charge in [0.1, 0.15) is 6.73 Å². The Hall–Kier alpha value is -1.53. The second-order valence-corrected chi connectivity index (χ2v) is 4.29. The van der Waals surface area contributed by atoms with Crippen molar-refractivity contribution in [2.45, 2.75) is 11.3 Å². The highest BCUT2D eigenvalue weighted by Crippen LogP contribution is 2.23. The molecule has 92 valence electrons. The minimum Gasteiger partial charge on any atom is -0.478 e. The second kappa shape index (κ2) is 6.93. The van der Waals surface area contributed by atoms with E-state index in [4.69, 9.17) is 10.2 Å². The Bertz CT molecular complexity index is 408. The highest BCUT2D eigenvalue weighted by atomic mass is 32.2. The monoisotopic (exact) mass is 255 g/mol. The van der Waals surface area contributed by atoms with Gasteiger partial charge in [0.05, 0.1) is 5.56 Å². The third kappa shape index (κ3) is 4.46. The first-order valence-corrected chi connectivity index (χ1v) is 5.96. The van der Waals surface area contributed by atoms with Gasteiger partial charge in [-0.2, -0.15) is 0 Å². The van der Waals surface area contributed by atoms with Gasteiger partial charge in [-0.3, -0.25) is 4.79 Å². The van der Waals surface area contributed by atoms with Crippen LogP contribution in [0.1, 0.15) is 16.8 Å². The minimum absolute atomic E-state index is 0.235. The van der Waals surface area contributed by atoms with Crippen LogP contribution in [0.25, 0.3) is 0 Å². The van der Waals surface area contributed by atoms with Crippen LogP contribution in [-0.2, 0) is 4.79 Å². The molecule has 0 aliphatic heterocycles. The molecule has 0 aromatic heterocycles. The van der Waals surface area contributed by atoms with Crippen molar-refractivity contribution < 1.29 is 19.8 Å². The standard InChI is InChI=1S/C11H13NO4S/c13-7-12-10(14)5-6-17-9-4-2-1-3-8(9)11(15)16/h1-4,13H,5-7H2,(H,12,14)(H,15,16). The average Bonchev–Trinajstić information content (AvgIpc) is 2.30. The molecule has 1 amide bonds. The Morgan fingerprint density at radius 3 is 2.65 bits per heavy atom. The molecule has 0 bridgehead atoms. The molecule has 5 nitrogen and oxygen atoms in total. The lowest BCUT2D eigenvalue weighted by atomic mass is 10.2. The molecule has 3 N–H and O–H groups in total. The number of amides is 1. The molecule has 0 heterocycles. The predicted molar refractivity (Wildman–Crippen MR) is 64.0 cm³/mol. The first kappa shape index (κ1) is 13.5. The maximum absolute atomic E-state index is 11.1. The molecule has 1 aromatic rings. The number of hydrogen-bond donors (Lipinski definition) is 3. The van der Waals surface area contributed by atoms with Gasteiger partial charge in [-0.25, -0.2) is 4.79 Å². The van der Waals surface area contributed by atoms with E-state index in [-0.39, 0.29) is 24.6 Å². The summed E-state index contributed by atoms with van der Waals surface area (Å²) >= 11 is 1.31. The van der Waals surface area contributed by atoms with Crippen LogP contribution in [0.2, 0.25) is 0 Å². The summed E-state index contributed by atoms with van der Waals surface area (Å²) < 4.78 is 0. The molecular weight excluding hydrogens is 242 g/mol. The van der Waals surface area contributed by atoms with Crippen LogP contribution >= 0.6 is 11.8 Å². The first-order chi connectivity index (χ1) is 8.15. The summed E-state index contributed by atoms with van der Waals surface area (Å²) in [6, 6.07) is 6.64. The van der Waals surface area contributed by atoms with Crippen molar-refractivity contribution in [3.8, 4) is 0 Å². The molecule has 1 aromatic carbocycles. The number of nitrogens with one attached hydrogen (secondary N) is 1. The fraction of sp³-hybridized carbons (Fsp3) is 0.273. The molecule has 0 saturated carbocycles. The van der Waals surface area contributed by atoms with Crippen LogP contribution in [0.4, 0.5) is 0 Å². The zero-order valence-corrected chi connectivity index (χ0v) is 9.87. The Morgan fingerprint density at radius 1 is 1.29 bits per heavy atom. The van der Waals surface area contributed by atoms with Crippen LogP contribution in [0.5, 0.6) is 0 Å². The first-order valence-electron chi connectivity index (χ1n) is 4.98. The Kier molecular flexibility index (Phi) is 5.51. The van der Waals surface area contributed by atoms with E-state index in [0.717, 1.165) is 0 Å². The molecule has 6 heteroatoms. The quantitative estimate of drug-likeness (QED) is 0.520. The van der Waals surface area contributed by atoms with Gasteiger partial charge in [-0.1, -0.05) is 12.1 Å². The molecule has 0 aliphatic rings. The summed E-state index contributed by atoms with van der Waals surface area (Å²) in [6.45, 7) is -0.380. The third-order valence-electron chi connectivity index (χ3n) is 1.98. The van der Waals surface area contributed by atoms with Crippen LogP contribution in [-0.4, -0.2) is 34.6 Å². The van der Waals surface area contributed by atoms with Crippen LogP contribution < -0.4 is 5.32 Å². The third-order valence-corrected chi connectivity index (χ3v) is 3.06. The highest BCUT2D eigenvalue weighted by Gasteiger charge is 2.09. The fourth-order valence-electron chi connectivity index (χ4n) is 1.20. The van der Waals surface area contributed by atoms with Gasteiger partial charge in [-0.05, 0) is 12.1 Å². The van der Waals surface area contributed by atoms with Crippen molar-refractivity contribution in [1.82, 2.24) is 5.32 Å². The number of rotatable bonds is 6. The lowest BCUT2D eigenvalue weighted by Gasteiger charge is -2.05. The summed E-state index contributed by atoms with van der Waals surface area (Å²) in [7, 11) is 0. The molecule has 0 unspecified atom stereocenters. The smallest absolute Gasteiger partial charge is 0.336 e. The van der Waals surface area contributed by atoms with E-state index in [9.17, 15) is 9.59 Å².